The van der Waals surface area contributed by atoms with Crippen molar-refractivity contribution in [2.24, 2.45) is 0 Å². The van der Waals surface area contributed by atoms with Gasteiger partial charge < -0.3 is 4.42 Å². The molecule has 3 heterocycles. The molecule has 0 amide bonds. The van der Waals surface area contributed by atoms with Crippen LogP contribution in [0.1, 0.15) is 5.01 Å². The molecule has 4 aromatic rings. The number of hydrogen-bond acceptors (Lipinski definition) is 5. The molecule has 0 aliphatic rings. The predicted molar refractivity (Wildman–Crippen MR) is 68.6 cm³/mol. The van der Waals surface area contributed by atoms with E-state index in [0.29, 0.717) is 11.6 Å². The molecule has 0 unspecified atom stereocenters. The summed E-state index contributed by atoms with van der Waals surface area (Å²) in [6, 6.07) is 9.83. The molecule has 5 nitrogen and oxygen atoms in total. The SMILES string of the molecule is Cc1nn2c(-c3cc4ccccc4o3)nnc2s1. The van der Waals surface area contributed by atoms with Crippen LogP contribution in [0, 0.1) is 6.92 Å². The van der Waals surface area contributed by atoms with Crippen molar-refractivity contribution in [1.29, 1.82) is 0 Å². The number of rotatable bonds is 1. The number of hydrogen-bond donors (Lipinski definition) is 0. The fourth-order valence-corrected chi connectivity index (χ4v) is 2.64. The van der Waals surface area contributed by atoms with Crippen LogP contribution < -0.4 is 0 Å². The van der Waals surface area contributed by atoms with Gasteiger partial charge >= 0.3 is 0 Å². The van der Waals surface area contributed by atoms with Crippen LogP contribution in [-0.2, 0) is 0 Å². The molecule has 18 heavy (non-hydrogen) atoms. The van der Waals surface area contributed by atoms with Gasteiger partial charge in [0.2, 0.25) is 10.8 Å². The summed E-state index contributed by atoms with van der Waals surface area (Å²) >= 11 is 1.51. The third kappa shape index (κ3) is 1.29. The molecule has 1 aromatic carbocycles. The lowest BCUT2D eigenvalue weighted by molar-refractivity contribution is 0.621. The molecule has 0 fully saturated rings. The normalized spacial score (nSPS) is 11.6. The van der Waals surface area contributed by atoms with Gasteiger partial charge in [-0.25, -0.2) is 0 Å². The summed E-state index contributed by atoms with van der Waals surface area (Å²) in [7, 11) is 0. The zero-order valence-electron chi connectivity index (χ0n) is 9.49. The molecule has 0 saturated carbocycles. The second-order valence-electron chi connectivity index (χ2n) is 3.99. The smallest absolute Gasteiger partial charge is 0.235 e. The van der Waals surface area contributed by atoms with Crippen LogP contribution in [-0.4, -0.2) is 19.8 Å². The van der Waals surface area contributed by atoms with Crippen molar-refractivity contribution >= 4 is 27.3 Å². The second-order valence-corrected chi connectivity index (χ2v) is 5.15. The Morgan fingerprint density at radius 2 is 2.11 bits per heavy atom. The molecule has 3 aromatic heterocycles. The summed E-state index contributed by atoms with van der Waals surface area (Å²) in [5, 5.41) is 14.6. The third-order valence-corrected chi connectivity index (χ3v) is 3.55. The lowest BCUT2D eigenvalue weighted by atomic mass is 10.2. The van der Waals surface area contributed by atoms with E-state index in [9.17, 15) is 0 Å². The van der Waals surface area contributed by atoms with Gasteiger partial charge in [0, 0.05) is 5.39 Å². The molecular formula is C12H8N4OS. The van der Waals surface area contributed by atoms with Gasteiger partial charge in [-0.15, -0.1) is 10.2 Å². The lowest BCUT2D eigenvalue weighted by Gasteiger charge is -1.89. The van der Waals surface area contributed by atoms with Gasteiger partial charge in [0.15, 0.2) is 5.76 Å². The van der Waals surface area contributed by atoms with Crippen molar-refractivity contribution in [2.45, 2.75) is 6.92 Å². The van der Waals surface area contributed by atoms with Gasteiger partial charge in [0.05, 0.1) is 0 Å². The van der Waals surface area contributed by atoms with Gasteiger partial charge in [0.1, 0.15) is 10.6 Å². The zero-order chi connectivity index (χ0) is 12.1. The summed E-state index contributed by atoms with van der Waals surface area (Å²) in [6.45, 7) is 1.95. The molecule has 0 aliphatic carbocycles. The summed E-state index contributed by atoms with van der Waals surface area (Å²) in [5.74, 6) is 1.33. The second kappa shape index (κ2) is 3.39. The Morgan fingerprint density at radius 3 is 3.00 bits per heavy atom. The minimum absolute atomic E-state index is 0.644. The topological polar surface area (TPSA) is 56.2 Å². The molecular weight excluding hydrogens is 248 g/mol. The van der Waals surface area contributed by atoms with Crippen LogP contribution in [0.4, 0.5) is 0 Å². The van der Waals surface area contributed by atoms with Gasteiger partial charge in [-0.2, -0.15) is 9.61 Å². The minimum atomic E-state index is 0.644. The summed E-state index contributed by atoms with van der Waals surface area (Å²) < 4.78 is 7.49. The number of nitrogens with zero attached hydrogens (tertiary/aromatic N) is 4. The van der Waals surface area contributed by atoms with E-state index in [1.807, 2.05) is 37.3 Å². The number of aryl methyl sites for hydroxylation is 1. The Morgan fingerprint density at radius 1 is 1.22 bits per heavy atom. The van der Waals surface area contributed by atoms with E-state index in [1.165, 1.54) is 11.3 Å². The molecule has 0 atom stereocenters. The fraction of sp³-hybridized carbons (Fsp3) is 0.0833. The summed E-state index contributed by atoms with van der Waals surface area (Å²) in [6.07, 6.45) is 0. The zero-order valence-corrected chi connectivity index (χ0v) is 10.3. The van der Waals surface area contributed by atoms with Crippen LogP contribution in [0.5, 0.6) is 0 Å². The highest BCUT2D eigenvalue weighted by Crippen LogP contribution is 2.27. The molecule has 0 radical (unpaired) electrons. The Hall–Kier alpha value is -2.21. The average Bonchev–Trinajstić information content (AvgIpc) is 3.00. The van der Waals surface area contributed by atoms with Gasteiger partial charge in [0.25, 0.3) is 0 Å². The number of aromatic nitrogens is 4. The van der Waals surface area contributed by atoms with Crippen LogP contribution in [0.3, 0.4) is 0 Å². The Labute approximate surface area is 106 Å². The third-order valence-electron chi connectivity index (χ3n) is 2.74. The first-order valence-corrected chi connectivity index (χ1v) is 6.31. The van der Waals surface area contributed by atoms with Gasteiger partial charge in [-0.1, -0.05) is 29.5 Å². The first-order valence-electron chi connectivity index (χ1n) is 5.49. The standard InChI is InChI=1S/C12H8N4OS/c1-7-15-16-11(13-14-12(16)18-7)10-6-8-4-2-3-5-9(8)17-10/h2-6H,1H3. The van der Waals surface area contributed by atoms with Crippen molar-refractivity contribution in [3.8, 4) is 11.6 Å². The maximum atomic E-state index is 5.77. The molecule has 0 saturated heterocycles. The van der Waals surface area contributed by atoms with Crippen LogP contribution >= 0.6 is 11.3 Å². The largest absolute Gasteiger partial charge is 0.453 e. The maximum absolute atomic E-state index is 5.77. The Kier molecular flexibility index (Phi) is 1.84. The maximum Gasteiger partial charge on any atom is 0.235 e. The molecule has 0 bridgehead atoms. The highest BCUT2D eigenvalue weighted by Gasteiger charge is 2.15. The lowest BCUT2D eigenvalue weighted by Crippen LogP contribution is -1.88. The van der Waals surface area contributed by atoms with Crippen LogP contribution in [0.15, 0.2) is 34.7 Å². The summed E-state index contributed by atoms with van der Waals surface area (Å²) in [5.41, 5.74) is 0.844. The predicted octanol–water partition coefficient (Wildman–Crippen LogP) is 2.91. The minimum Gasteiger partial charge on any atom is -0.453 e. The number of fused-ring (bicyclic) bond motifs is 2. The molecule has 0 N–H and O–H groups in total. The van der Waals surface area contributed by atoms with E-state index in [-0.39, 0.29) is 0 Å². The monoisotopic (exact) mass is 256 g/mol. The Bertz CT molecular complexity index is 824. The highest BCUT2D eigenvalue weighted by atomic mass is 32.1. The van der Waals surface area contributed by atoms with E-state index in [4.69, 9.17) is 4.42 Å². The van der Waals surface area contributed by atoms with Crippen molar-refractivity contribution in [3.63, 3.8) is 0 Å². The van der Waals surface area contributed by atoms with Gasteiger partial charge in [-0.05, 0) is 19.1 Å². The Balaban J connectivity index is 2.00. The van der Waals surface area contributed by atoms with E-state index in [2.05, 4.69) is 15.3 Å². The van der Waals surface area contributed by atoms with E-state index >= 15 is 0 Å². The van der Waals surface area contributed by atoms with Crippen molar-refractivity contribution < 1.29 is 4.42 Å². The van der Waals surface area contributed by atoms with Crippen molar-refractivity contribution in [2.75, 3.05) is 0 Å². The van der Waals surface area contributed by atoms with E-state index in [0.717, 1.165) is 20.9 Å². The average molecular weight is 256 g/mol. The number of para-hydroxylation sites is 1. The molecule has 4 rings (SSSR count). The first kappa shape index (κ1) is 9.78. The summed E-state index contributed by atoms with van der Waals surface area (Å²) in [4.78, 5) is 0.781. The highest BCUT2D eigenvalue weighted by molar-refractivity contribution is 7.16. The molecule has 6 heteroatoms. The van der Waals surface area contributed by atoms with Gasteiger partial charge in [-0.3, -0.25) is 0 Å². The number of benzene rings is 1. The first-order chi connectivity index (χ1) is 8.81. The quantitative estimate of drug-likeness (QED) is 0.525. The molecule has 88 valence electrons. The molecule has 0 aliphatic heterocycles. The fourth-order valence-electron chi connectivity index (χ4n) is 1.96. The van der Waals surface area contributed by atoms with Crippen molar-refractivity contribution in [1.82, 2.24) is 19.8 Å². The van der Waals surface area contributed by atoms with Crippen LogP contribution in [0.25, 0.3) is 27.5 Å². The van der Waals surface area contributed by atoms with Crippen molar-refractivity contribution in [3.05, 3.63) is 35.3 Å². The van der Waals surface area contributed by atoms with Crippen LogP contribution in [0.2, 0.25) is 0 Å². The van der Waals surface area contributed by atoms with E-state index < -0.39 is 0 Å². The number of furan rings is 1. The van der Waals surface area contributed by atoms with E-state index in [1.54, 1.807) is 4.52 Å². The molecule has 0 spiro atoms.